The molecule has 0 amide bonds. The molecule has 10 heteroatoms. The molecule has 1 saturated heterocycles. The lowest BCUT2D eigenvalue weighted by molar-refractivity contribution is -0.149. The highest BCUT2D eigenvalue weighted by atomic mass is 35.5. The third-order valence-corrected chi connectivity index (χ3v) is 7.66. The molecule has 1 heterocycles. The molecule has 1 aliphatic heterocycles. The molecule has 1 N–H and O–H groups in total. The van der Waals surface area contributed by atoms with E-state index in [-0.39, 0.29) is 47.8 Å². The number of hydrogen-bond donors (Lipinski definition) is 1. The highest BCUT2D eigenvalue weighted by Gasteiger charge is 2.33. The van der Waals surface area contributed by atoms with Crippen molar-refractivity contribution in [2.75, 3.05) is 38.7 Å². The van der Waals surface area contributed by atoms with Crippen molar-refractivity contribution < 1.29 is 27.5 Å². The van der Waals surface area contributed by atoms with E-state index in [0.717, 1.165) is 0 Å². The van der Waals surface area contributed by atoms with Gasteiger partial charge in [0.05, 0.1) is 36.1 Å². The summed E-state index contributed by atoms with van der Waals surface area (Å²) in [5, 5.41) is 3.40. The molecule has 0 spiro atoms. The average Bonchev–Trinajstić information content (AvgIpc) is 2.83. The van der Waals surface area contributed by atoms with Crippen molar-refractivity contribution in [3.63, 3.8) is 0 Å². The number of ether oxygens (including phenoxy) is 2. The predicted molar refractivity (Wildman–Crippen MR) is 125 cm³/mol. The van der Waals surface area contributed by atoms with E-state index in [9.17, 15) is 18.0 Å². The summed E-state index contributed by atoms with van der Waals surface area (Å²) in [6.07, 6.45) is 0.816. The van der Waals surface area contributed by atoms with Crippen molar-refractivity contribution in [3.05, 3.63) is 53.1 Å². The molecule has 0 atom stereocenters. The first kappa shape index (κ1) is 25.0. The van der Waals surface area contributed by atoms with Gasteiger partial charge >= 0.3 is 5.97 Å². The van der Waals surface area contributed by atoms with Gasteiger partial charge in [-0.05, 0) is 50.1 Å². The minimum Gasteiger partial charge on any atom is -0.495 e. The molecule has 33 heavy (non-hydrogen) atoms. The summed E-state index contributed by atoms with van der Waals surface area (Å²) >= 11 is 6.10. The summed E-state index contributed by atoms with van der Waals surface area (Å²) in [6, 6.07) is 11.1. The van der Waals surface area contributed by atoms with Crippen LogP contribution in [-0.4, -0.2) is 57.8 Å². The number of benzene rings is 2. The fourth-order valence-corrected chi connectivity index (χ4v) is 5.41. The Balaban J connectivity index is 1.65. The summed E-state index contributed by atoms with van der Waals surface area (Å²) < 4.78 is 37.7. The number of Topliss-reactive ketones (excluding diaryl/α,β-unsaturated/α-hetero) is 1. The number of nitrogens with one attached hydrogen (secondary N) is 1. The molecule has 0 bridgehead atoms. The molecule has 8 nitrogen and oxygen atoms in total. The topological polar surface area (TPSA) is 102 Å². The number of carbonyl (C=O) groups is 2. The zero-order valence-corrected chi connectivity index (χ0v) is 20.1. The van der Waals surface area contributed by atoms with E-state index in [1.54, 1.807) is 37.3 Å². The van der Waals surface area contributed by atoms with Crippen LogP contribution in [0, 0.1) is 5.92 Å². The monoisotopic (exact) mass is 494 g/mol. The van der Waals surface area contributed by atoms with Gasteiger partial charge in [0, 0.05) is 24.3 Å². The van der Waals surface area contributed by atoms with Crippen LogP contribution in [0.5, 0.6) is 5.75 Å². The van der Waals surface area contributed by atoms with Crippen LogP contribution >= 0.6 is 11.6 Å². The van der Waals surface area contributed by atoms with Crippen LogP contribution in [0.3, 0.4) is 0 Å². The number of piperidine rings is 1. The van der Waals surface area contributed by atoms with Gasteiger partial charge in [-0.2, -0.15) is 4.31 Å². The van der Waals surface area contributed by atoms with Crippen LogP contribution < -0.4 is 10.1 Å². The van der Waals surface area contributed by atoms with E-state index in [2.05, 4.69) is 5.32 Å². The van der Waals surface area contributed by atoms with Crippen LogP contribution in [0.2, 0.25) is 5.02 Å². The quantitative estimate of drug-likeness (QED) is 0.419. The zero-order chi connectivity index (χ0) is 24.0. The molecule has 0 aromatic heterocycles. The van der Waals surface area contributed by atoms with E-state index in [1.807, 2.05) is 0 Å². The van der Waals surface area contributed by atoms with Gasteiger partial charge in [0.1, 0.15) is 5.75 Å². The van der Waals surface area contributed by atoms with Crippen LogP contribution in [0.15, 0.2) is 47.4 Å². The number of rotatable bonds is 9. The minimum absolute atomic E-state index is 0.0307. The summed E-state index contributed by atoms with van der Waals surface area (Å²) in [7, 11) is -2.27. The van der Waals surface area contributed by atoms with E-state index in [1.165, 1.54) is 23.5 Å². The average molecular weight is 495 g/mol. The Kier molecular flexibility index (Phi) is 8.34. The van der Waals surface area contributed by atoms with Gasteiger partial charge in [-0.1, -0.05) is 23.7 Å². The molecule has 0 radical (unpaired) electrons. The Morgan fingerprint density at radius 1 is 1.15 bits per heavy atom. The minimum atomic E-state index is -3.78. The highest BCUT2D eigenvalue weighted by molar-refractivity contribution is 7.89. The predicted octanol–water partition coefficient (Wildman–Crippen LogP) is 3.61. The van der Waals surface area contributed by atoms with Crippen molar-refractivity contribution in [2.24, 2.45) is 5.92 Å². The molecule has 1 fully saturated rings. The number of sulfonamides is 1. The Bertz CT molecular complexity index is 1110. The first-order valence-electron chi connectivity index (χ1n) is 10.6. The second-order valence-corrected chi connectivity index (χ2v) is 9.93. The maximum atomic E-state index is 13.1. The molecule has 1 aliphatic rings. The first-order chi connectivity index (χ1) is 15.8. The van der Waals surface area contributed by atoms with Crippen LogP contribution in [0.1, 0.15) is 30.1 Å². The molecule has 3 rings (SSSR count). The first-order valence-corrected chi connectivity index (χ1v) is 12.5. The third kappa shape index (κ3) is 6.04. The lowest BCUT2D eigenvalue weighted by atomic mass is 9.98. The van der Waals surface area contributed by atoms with Crippen molar-refractivity contribution in [3.8, 4) is 5.75 Å². The summed E-state index contributed by atoms with van der Waals surface area (Å²) in [4.78, 5) is 24.6. The van der Waals surface area contributed by atoms with E-state index >= 15 is 0 Å². The molecule has 0 saturated carbocycles. The Hall–Kier alpha value is -2.62. The lowest BCUT2D eigenvalue weighted by Gasteiger charge is -2.30. The molecule has 2 aromatic rings. The van der Waals surface area contributed by atoms with Crippen molar-refractivity contribution >= 4 is 39.1 Å². The maximum Gasteiger partial charge on any atom is 0.309 e. The van der Waals surface area contributed by atoms with Crippen LogP contribution in [0.25, 0.3) is 0 Å². The smallest absolute Gasteiger partial charge is 0.309 e. The number of hydrogen-bond acceptors (Lipinski definition) is 7. The van der Waals surface area contributed by atoms with Gasteiger partial charge in [0.2, 0.25) is 10.0 Å². The molecule has 0 aliphatic carbocycles. The number of halogens is 1. The Morgan fingerprint density at radius 2 is 1.88 bits per heavy atom. The second kappa shape index (κ2) is 11.0. The molecule has 178 valence electrons. The lowest BCUT2D eigenvalue weighted by Crippen LogP contribution is -2.40. The normalized spacial score (nSPS) is 15.1. The van der Waals surface area contributed by atoms with Crippen LogP contribution in [-0.2, 0) is 19.6 Å². The molecular weight excluding hydrogens is 468 g/mol. The number of ketones is 1. The van der Waals surface area contributed by atoms with Gasteiger partial charge in [0.25, 0.3) is 0 Å². The molecule has 0 unspecified atom stereocenters. The van der Waals surface area contributed by atoms with Crippen molar-refractivity contribution in [1.29, 1.82) is 0 Å². The number of anilines is 1. The standard InChI is InChI=1S/C23H27ClN2O6S/c1-3-32-23(28)16-9-11-26(12-10-16)33(29,30)19-6-4-5-17(13-19)21(27)15-25-18-7-8-22(31-2)20(24)14-18/h4-8,13-14,16,25H,3,9-12,15H2,1-2H3. The molecular formula is C23H27ClN2O6S. The fraction of sp³-hybridized carbons (Fsp3) is 0.391. The second-order valence-electron chi connectivity index (χ2n) is 7.58. The van der Waals surface area contributed by atoms with Gasteiger partial charge < -0.3 is 14.8 Å². The third-order valence-electron chi connectivity index (χ3n) is 5.47. The zero-order valence-electron chi connectivity index (χ0n) is 18.5. The molecule has 2 aromatic carbocycles. The number of esters is 1. The highest BCUT2D eigenvalue weighted by Crippen LogP contribution is 2.28. The Morgan fingerprint density at radius 3 is 2.52 bits per heavy atom. The SMILES string of the molecule is CCOC(=O)C1CCN(S(=O)(=O)c2cccc(C(=O)CNc3ccc(OC)c(Cl)c3)c2)CC1. The fourth-order valence-electron chi connectivity index (χ4n) is 3.63. The van der Waals surface area contributed by atoms with E-state index in [0.29, 0.717) is 35.9 Å². The van der Waals surface area contributed by atoms with Gasteiger partial charge in [-0.25, -0.2) is 8.42 Å². The van der Waals surface area contributed by atoms with E-state index < -0.39 is 10.0 Å². The number of methoxy groups -OCH3 is 1. The van der Waals surface area contributed by atoms with Gasteiger partial charge in [-0.15, -0.1) is 0 Å². The summed E-state index contributed by atoms with van der Waals surface area (Å²) in [6.45, 7) is 2.47. The number of carbonyl (C=O) groups excluding carboxylic acids is 2. The van der Waals surface area contributed by atoms with Gasteiger partial charge in [0.15, 0.2) is 5.78 Å². The van der Waals surface area contributed by atoms with Crippen molar-refractivity contribution in [2.45, 2.75) is 24.7 Å². The van der Waals surface area contributed by atoms with Gasteiger partial charge in [-0.3, -0.25) is 9.59 Å². The van der Waals surface area contributed by atoms with Crippen LogP contribution in [0.4, 0.5) is 5.69 Å². The largest absolute Gasteiger partial charge is 0.495 e. The Labute approximate surface area is 198 Å². The summed E-state index contributed by atoms with van der Waals surface area (Å²) in [5.41, 5.74) is 0.923. The van der Waals surface area contributed by atoms with Crippen molar-refractivity contribution in [1.82, 2.24) is 4.31 Å². The number of nitrogens with zero attached hydrogens (tertiary/aromatic N) is 1. The summed E-state index contributed by atoms with van der Waals surface area (Å²) in [5.74, 6) is -0.313. The maximum absolute atomic E-state index is 13.1. The van der Waals surface area contributed by atoms with E-state index in [4.69, 9.17) is 21.1 Å².